The van der Waals surface area contributed by atoms with Crippen molar-refractivity contribution < 1.29 is 33.5 Å². The molecular formula is C66H71BrCl2F4P2PdSi. The summed E-state index contributed by atoms with van der Waals surface area (Å²) >= 11 is 2.74. The molecule has 0 aromatic heterocycles. The van der Waals surface area contributed by atoms with Gasteiger partial charge in [0, 0.05) is 0 Å². The first-order chi connectivity index (χ1) is 36.7. The second kappa shape index (κ2) is 39.7. The Balaban J connectivity index is 0.000000334. The summed E-state index contributed by atoms with van der Waals surface area (Å²) in [6.45, 7) is 10.6. The molecule has 8 rings (SSSR count). The van der Waals surface area contributed by atoms with Gasteiger partial charge in [-0.2, -0.15) is 0 Å². The van der Waals surface area contributed by atoms with Crippen LogP contribution in [-0.4, -0.2) is 8.07 Å². The predicted octanol–water partition coefficient (Wildman–Crippen LogP) is 18.5. The van der Waals surface area contributed by atoms with Gasteiger partial charge in [-0.3, -0.25) is 0 Å². The van der Waals surface area contributed by atoms with Crippen LogP contribution in [-0.2, 0) is 28.8 Å². The number of hydrogen-bond acceptors (Lipinski definition) is 0. The van der Waals surface area contributed by atoms with Gasteiger partial charge >= 0.3 is 35.0 Å². The van der Waals surface area contributed by atoms with Gasteiger partial charge in [0.05, 0.1) is 10.0 Å². The molecule has 0 unspecified atom stereocenters. The van der Waals surface area contributed by atoms with Gasteiger partial charge in [0.15, 0.2) is 0 Å². The van der Waals surface area contributed by atoms with Gasteiger partial charge in [-0.25, -0.2) is 17.6 Å². The zero-order valence-corrected chi connectivity index (χ0v) is 51.2. The van der Waals surface area contributed by atoms with E-state index in [2.05, 4.69) is 237 Å². The third-order valence-electron chi connectivity index (χ3n) is 10.9. The average molecular weight is 1290 g/mol. The maximum Gasteiger partial charge on any atom is -0.0134 e. The zero-order valence-electron chi connectivity index (χ0n) is 43.8. The topological polar surface area (TPSA) is 0 Å². The molecule has 77 heavy (non-hydrogen) atoms. The Kier molecular flexibility index (Phi) is 35.3. The summed E-state index contributed by atoms with van der Waals surface area (Å²) in [5.74, 6) is -0.297. The molecule has 0 bridgehead atoms. The molecule has 0 aliphatic carbocycles. The van der Waals surface area contributed by atoms with E-state index in [-0.39, 0.29) is 33.4 Å². The first kappa shape index (κ1) is 68.5. The SMILES string of the molecule is C.C#C[Si](C)(C)C.C#Cc1c(F)cc(CCCCC)cc1F.CCCCCc1cc(F)c(Br)c(F)c1.[Cl][Pd][Cl].c1ccc(P(c2ccccc2)c2ccccc2)cc1.c1ccc(P(c2ccccc2)c2ccccc2)cc1. The van der Waals surface area contributed by atoms with Crippen molar-refractivity contribution in [3.8, 4) is 24.3 Å². The molecule has 0 saturated heterocycles. The van der Waals surface area contributed by atoms with Gasteiger partial charge < -0.3 is 0 Å². The maximum absolute atomic E-state index is 13.2. The van der Waals surface area contributed by atoms with E-state index in [4.69, 9.17) is 31.9 Å². The van der Waals surface area contributed by atoms with Crippen LogP contribution in [0.5, 0.6) is 0 Å². The monoisotopic (exact) mass is 1280 g/mol. The molecule has 0 aliphatic heterocycles. The summed E-state index contributed by atoms with van der Waals surface area (Å²) in [5, 5.41) is 8.39. The van der Waals surface area contributed by atoms with Crippen LogP contribution in [0.25, 0.3) is 0 Å². The molecule has 408 valence electrons. The van der Waals surface area contributed by atoms with Crippen LogP contribution in [0.4, 0.5) is 17.6 Å². The molecule has 0 saturated carbocycles. The van der Waals surface area contributed by atoms with Crippen molar-refractivity contribution in [3.05, 3.63) is 251 Å². The van der Waals surface area contributed by atoms with Crippen LogP contribution >= 0.6 is 50.8 Å². The Labute approximate surface area is 487 Å². The minimum Gasteiger partial charge on any atom is -0.0622 e. The Bertz CT molecular complexity index is 2560. The van der Waals surface area contributed by atoms with Crippen molar-refractivity contribution >= 4 is 90.7 Å². The fraction of sp³-hybridized carbons (Fsp3) is 0.212. The van der Waals surface area contributed by atoms with E-state index in [1.54, 1.807) is 0 Å². The third kappa shape index (κ3) is 26.3. The van der Waals surface area contributed by atoms with Crippen molar-refractivity contribution in [3.63, 3.8) is 0 Å². The van der Waals surface area contributed by atoms with E-state index < -0.39 is 47.2 Å². The Hall–Kier alpha value is -4.60. The molecule has 0 aliphatic rings. The van der Waals surface area contributed by atoms with Crippen LogP contribution in [0.2, 0.25) is 19.6 Å². The smallest absolute Gasteiger partial charge is 0.0134 e. The van der Waals surface area contributed by atoms with Crippen LogP contribution < -0.4 is 31.8 Å². The van der Waals surface area contributed by atoms with Crippen molar-refractivity contribution in [1.82, 2.24) is 0 Å². The number of terminal acetylenes is 2. The summed E-state index contributed by atoms with van der Waals surface area (Å²) in [4.78, 5) is 0. The second-order valence-electron chi connectivity index (χ2n) is 18.0. The first-order valence-corrected chi connectivity index (χ1v) is 36.0. The molecule has 0 nitrogen and oxygen atoms in total. The van der Waals surface area contributed by atoms with Crippen molar-refractivity contribution in [2.24, 2.45) is 0 Å². The van der Waals surface area contributed by atoms with Crippen molar-refractivity contribution in [1.29, 1.82) is 0 Å². The maximum atomic E-state index is 13.2. The fourth-order valence-electron chi connectivity index (χ4n) is 7.18. The van der Waals surface area contributed by atoms with Crippen LogP contribution in [0.1, 0.15) is 76.5 Å². The van der Waals surface area contributed by atoms with Gasteiger partial charge in [0.25, 0.3) is 0 Å². The van der Waals surface area contributed by atoms with Gasteiger partial charge in [-0.05, 0) is 125 Å². The molecule has 0 fully saturated rings. The van der Waals surface area contributed by atoms with Gasteiger partial charge in [-0.15, -0.1) is 18.4 Å². The Morgan fingerprint density at radius 1 is 0.455 bits per heavy atom. The Morgan fingerprint density at radius 3 is 0.870 bits per heavy atom. The summed E-state index contributed by atoms with van der Waals surface area (Å²) in [5.41, 5.74) is 3.89. The van der Waals surface area contributed by atoms with E-state index in [0.29, 0.717) is 12.0 Å². The number of aryl methyl sites for hydroxylation is 2. The minimum absolute atomic E-state index is 0. The van der Waals surface area contributed by atoms with Gasteiger partial charge in [-0.1, -0.05) is 255 Å². The largest absolute Gasteiger partial charge is 0.0622 e. The minimum atomic E-state index is -1.10. The van der Waals surface area contributed by atoms with E-state index >= 15 is 0 Å². The molecule has 0 N–H and O–H groups in total. The Morgan fingerprint density at radius 2 is 0.675 bits per heavy atom. The molecule has 8 aromatic carbocycles. The van der Waals surface area contributed by atoms with Crippen LogP contribution in [0.3, 0.4) is 0 Å². The van der Waals surface area contributed by atoms with E-state index in [1.165, 1.54) is 56.1 Å². The quantitative estimate of drug-likeness (QED) is 0.0254. The molecular weight excluding hydrogens is 1220 g/mol. The van der Waals surface area contributed by atoms with Crippen molar-refractivity contribution in [2.75, 3.05) is 0 Å². The van der Waals surface area contributed by atoms with Crippen LogP contribution in [0.15, 0.2) is 211 Å². The zero-order chi connectivity index (χ0) is 55.6. The molecule has 0 atom stereocenters. The molecule has 0 amide bonds. The number of benzene rings is 8. The molecule has 8 aromatic rings. The summed E-state index contributed by atoms with van der Waals surface area (Å²) < 4.78 is 52.5. The summed E-state index contributed by atoms with van der Waals surface area (Å²) in [6.07, 6.45) is 17.9. The van der Waals surface area contributed by atoms with Gasteiger partial charge in [0.2, 0.25) is 0 Å². The van der Waals surface area contributed by atoms with Crippen LogP contribution in [0, 0.1) is 47.6 Å². The third-order valence-corrected chi connectivity index (χ3v) is 17.5. The molecule has 11 heteroatoms. The van der Waals surface area contributed by atoms with E-state index in [9.17, 15) is 17.6 Å². The normalized spacial score (nSPS) is 10.2. The predicted molar refractivity (Wildman–Crippen MR) is 336 cm³/mol. The standard InChI is InChI=1S/2C18H15P.C13H14F2.C11H13BrF2.C5H10Si.CH4.2ClH.Pd/c2*1-4-10-16(11-5-1)19(17-12-6-2-7-13-17)18-14-8-3-9-15-18;1-3-5-6-7-10-8-12(14)11(4-2)13(15)9-10;1-2-3-4-5-8-6-9(13)11(12)10(14)7-8;1-5-6(2,3)4;;;;/h2*1-15H;2,8-9H,3,5-7H2,1H3;6-7H,2-5H2,1H3;1H,2-4H3;1H4;2*1H;/q;;;;;;;;+2/p-2. The van der Waals surface area contributed by atoms with E-state index in [1.807, 2.05) is 5.92 Å². The van der Waals surface area contributed by atoms with Crippen molar-refractivity contribution in [2.45, 2.75) is 92.3 Å². The average Bonchev–Trinajstić information content (AvgIpc) is 3.44. The van der Waals surface area contributed by atoms with Gasteiger partial charge in [0.1, 0.15) is 31.3 Å². The molecule has 0 radical (unpaired) electrons. The first-order valence-electron chi connectivity index (χ1n) is 25.0. The second-order valence-corrected chi connectivity index (χ2v) is 30.4. The molecule has 0 spiro atoms. The summed E-state index contributed by atoms with van der Waals surface area (Å²) in [7, 11) is 7.63. The summed E-state index contributed by atoms with van der Waals surface area (Å²) in [6, 6.07) is 70.1. The number of unbranched alkanes of at least 4 members (excludes halogenated alkanes) is 4. The fourth-order valence-corrected chi connectivity index (χ4v) is 12.0. The number of hydrogen-bond donors (Lipinski definition) is 0. The molecule has 0 heterocycles. The van der Waals surface area contributed by atoms with E-state index in [0.717, 1.165) is 50.5 Å². The number of halogens is 7. The number of rotatable bonds is 14.